The van der Waals surface area contributed by atoms with E-state index in [9.17, 15) is 22.0 Å². The maximum atomic E-state index is 16.5. The summed E-state index contributed by atoms with van der Waals surface area (Å²) in [4.78, 5) is 10.6. The highest BCUT2D eigenvalue weighted by atomic mass is 19.2. The van der Waals surface area contributed by atoms with Crippen LogP contribution in [0.2, 0.25) is 0 Å². The highest BCUT2D eigenvalue weighted by Crippen LogP contribution is 2.45. The van der Waals surface area contributed by atoms with Crippen molar-refractivity contribution in [3.8, 4) is 11.1 Å². The summed E-state index contributed by atoms with van der Waals surface area (Å²) in [5.74, 6) is -69.1. The predicted molar refractivity (Wildman–Crippen MR) is 244 cm³/mol. The number of nitrogens with one attached hydrogen (secondary N) is 3. The third-order valence-corrected chi connectivity index (χ3v) is 13.9. The zero-order valence-electron chi connectivity index (χ0n) is 40.0. The molecule has 0 saturated heterocycles. The average Bonchev–Trinajstić information content (AvgIpc) is 2.34. The Bertz CT molecular complexity index is 4930. The summed E-state index contributed by atoms with van der Waals surface area (Å²) in [6, 6.07) is 3.70. The third kappa shape index (κ3) is 7.54. The number of hydrogen-bond donors (Lipinski definition) is 3. The van der Waals surface area contributed by atoms with E-state index < -0.39 is 262 Å². The van der Waals surface area contributed by atoms with Crippen LogP contribution in [0.1, 0.15) is 39.3 Å². The largest absolute Gasteiger partial charge is 0.354 e. The minimum Gasteiger partial charge on any atom is -0.354 e. The van der Waals surface area contributed by atoms with Crippen LogP contribution >= 0.6 is 0 Å². The lowest BCUT2D eigenvalue weighted by Gasteiger charge is -2.14. The Balaban J connectivity index is 1.39. The molecule has 0 saturated carbocycles. The Morgan fingerprint density at radius 3 is 1.06 bits per heavy atom. The van der Waals surface area contributed by atoms with E-state index >= 15 is 87.8 Å². The number of benzene rings is 5. The Labute approximate surface area is 450 Å². The van der Waals surface area contributed by atoms with Crippen molar-refractivity contribution in [3.63, 3.8) is 0 Å². The van der Waals surface area contributed by atoms with Crippen molar-refractivity contribution >= 4 is 44.6 Å². The van der Waals surface area contributed by atoms with Crippen LogP contribution in [0.3, 0.4) is 0 Å². The van der Waals surface area contributed by atoms with Crippen LogP contribution < -0.4 is 16.0 Å². The number of allylic oxidation sites excluding steroid dienone is 2. The van der Waals surface area contributed by atoms with Gasteiger partial charge in [-0.1, -0.05) is 0 Å². The molecule has 7 heterocycles. The number of nitrogens with zero attached hydrogens (tertiary/aromatic N) is 2. The van der Waals surface area contributed by atoms with E-state index in [0.29, 0.717) is 59.0 Å². The van der Waals surface area contributed by atoms with Crippen molar-refractivity contribution in [2.24, 2.45) is 4.99 Å². The molecule has 8 bridgehead atoms. The maximum absolute atomic E-state index is 16.5. The first-order valence-electron chi connectivity index (χ1n) is 23.1. The summed E-state index contributed by atoms with van der Waals surface area (Å²) in [7, 11) is 0. The van der Waals surface area contributed by atoms with Crippen LogP contribution in [-0.4, -0.2) is 25.1 Å². The normalized spacial score (nSPS) is 13.6. The number of aromatic nitrogens is 4. The molecular weight excluding hydrogens is 1210 g/mol. The molecule has 10 aromatic rings. The summed E-state index contributed by atoms with van der Waals surface area (Å²) in [5.41, 5.74) is -26.1. The van der Waals surface area contributed by atoms with Crippen LogP contribution in [0, 0.1) is 145 Å². The van der Waals surface area contributed by atoms with Crippen molar-refractivity contribution in [1.82, 2.24) is 19.4 Å². The van der Waals surface area contributed by atoms with Crippen molar-refractivity contribution in [1.29, 1.82) is 0 Å². The molecule has 3 N–H and O–H groups in total. The van der Waals surface area contributed by atoms with Gasteiger partial charge in [-0.25, -0.2) is 115 Å². The van der Waals surface area contributed by atoms with Gasteiger partial charge in [0.15, 0.2) is 116 Å². The second-order valence-electron chi connectivity index (χ2n) is 18.3. The molecule has 0 amide bonds. The van der Waals surface area contributed by atoms with Gasteiger partial charge in [-0.15, -0.1) is 0 Å². The topological polar surface area (TPSA) is 64.1 Å². The van der Waals surface area contributed by atoms with Crippen LogP contribution in [0.4, 0.5) is 110 Å². The summed E-state index contributed by atoms with van der Waals surface area (Å²) in [6.45, 7) is 0. The molecule has 2 aliphatic heterocycles. The molecule has 30 heteroatoms. The van der Waals surface area contributed by atoms with E-state index in [2.05, 4.69) is 19.9 Å². The van der Waals surface area contributed by atoms with Crippen molar-refractivity contribution in [2.45, 2.75) is 0 Å². The van der Waals surface area contributed by atoms with E-state index in [1.165, 1.54) is 0 Å². The molecule has 5 aromatic carbocycles. The van der Waals surface area contributed by atoms with Crippen LogP contribution in [0.25, 0.3) is 50.0 Å². The van der Waals surface area contributed by atoms with Crippen molar-refractivity contribution in [2.75, 3.05) is 0 Å². The van der Waals surface area contributed by atoms with Gasteiger partial charge in [0.05, 0.1) is 66.8 Å². The van der Waals surface area contributed by atoms with Crippen LogP contribution in [0.15, 0.2) is 65.3 Å². The molecule has 85 heavy (non-hydrogen) atoms. The Morgan fingerprint density at radius 1 is 0.271 bits per heavy atom. The Hall–Kier alpha value is -9.90. The molecule has 432 valence electrons. The van der Waals surface area contributed by atoms with Gasteiger partial charge < -0.3 is 19.4 Å². The van der Waals surface area contributed by atoms with E-state index in [0.717, 1.165) is 0 Å². The molecule has 0 aliphatic carbocycles. The maximum Gasteiger partial charge on any atom is 0.200 e. The van der Waals surface area contributed by atoms with Gasteiger partial charge >= 0.3 is 0 Å². The second-order valence-corrected chi connectivity index (χ2v) is 18.3. The van der Waals surface area contributed by atoms with Gasteiger partial charge in [-0.05, 0) is 54.6 Å². The van der Waals surface area contributed by atoms with Gasteiger partial charge in [0.25, 0.3) is 0 Å². The molecule has 0 spiro atoms. The first-order chi connectivity index (χ1) is 40.1. The fourth-order valence-corrected chi connectivity index (χ4v) is 10.2. The third-order valence-electron chi connectivity index (χ3n) is 13.9. The molecule has 5 nitrogen and oxygen atoms in total. The van der Waals surface area contributed by atoms with Gasteiger partial charge in [0, 0.05) is 49.9 Å². The minimum atomic E-state index is -2.85. The molecule has 12 rings (SSSR count). The molecule has 5 aromatic heterocycles. The smallest absolute Gasteiger partial charge is 0.200 e. The number of aliphatic imine (C=N–C) groups is 1. The number of aromatic amines is 3. The van der Waals surface area contributed by atoms with Crippen LogP contribution in [0.5, 0.6) is 0 Å². The summed E-state index contributed by atoms with van der Waals surface area (Å²) in [5, 5.41) is -3.39. The number of halogens is 25. The van der Waals surface area contributed by atoms with Gasteiger partial charge in [0.2, 0.25) is 29.1 Å². The molecule has 0 atom stereocenters. The number of hydrogen-bond acceptors (Lipinski definition) is 1. The SMILES string of the molecule is Fc1c(F)c(F)c(C2=C3C=CC(=N3)C(c3c(F)c(F)c(F)c(F)c3F)=c3ccc([nH]3)=C(c3c(F)c(F)c(F)c(F)c3F)c3ccc4c(-c5c(F)c(F)c(F)c(F)c5F)c5[nH]c(cc5n34)=C(c3c(F)c(F)c(F)c(F)c3F)c3ccc2[nH]3)c(F)c1F. The lowest BCUT2D eigenvalue weighted by molar-refractivity contribution is 0.376. The lowest BCUT2D eigenvalue weighted by atomic mass is 9.98. The fraction of sp³-hybridized carbons (Fsp3) is 0. The molecule has 2 aliphatic rings. The monoisotopic (exact) mass is 1220 g/mol. The van der Waals surface area contributed by atoms with E-state index in [4.69, 9.17) is 0 Å². The summed E-state index contributed by atoms with van der Waals surface area (Å²) >= 11 is 0. The lowest BCUT2D eigenvalue weighted by Crippen LogP contribution is -2.23. The quantitative estimate of drug-likeness (QED) is 0.0874. The molecule has 0 radical (unpaired) electrons. The average molecular weight is 1220 g/mol. The second kappa shape index (κ2) is 19.1. The van der Waals surface area contributed by atoms with Gasteiger partial charge in [-0.2, -0.15) is 0 Å². The fourth-order valence-electron chi connectivity index (χ4n) is 10.2. The zero-order chi connectivity index (χ0) is 61.3. The molecular formula is C55H12F25N5. The molecule has 0 unspecified atom stereocenters. The highest BCUT2D eigenvalue weighted by molar-refractivity contribution is 6.30. The van der Waals surface area contributed by atoms with Gasteiger partial charge in [-0.3, -0.25) is 0 Å². The van der Waals surface area contributed by atoms with Gasteiger partial charge in [0.1, 0.15) is 0 Å². The number of rotatable bonds is 5. The van der Waals surface area contributed by atoms with Crippen molar-refractivity contribution < 1.29 is 110 Å². The van der Waals surface area contributed by atoms with Crippen LogP contribution in [-0.2, 0) is 0 Å². The van der Waals surface area contributed by atoms with Crippen molar-refractivity contribution in [3.05, 3.63) is 261 Å². The highest BCUT2D eigenvalue weighted by Gasteiger charge is 2.38. The first kappa shape index (κ1) is 55.6. The first-order valence-corrected chi connectivity index (χ1v) is 23.1. The number of fused-ring (bicyclic) bond motifs is 6. The Morgan fingerprint density at radius 2 is 0.624 bits per heavy atom. The minimum absolute atomic E-state index is 0.421. The standard InChI is InChI=1S/C55H12F25N5/c56-30-25(31(57)41(67)50(76)40(30)66)20-10-1-2-11(81-10)21(26-32(58)42(68)51(77)43(69)33(26)59)13-5-6-15(83-13)23(28-36(62)46(72)53(79)47(73)37(28)63)17-7-8-18-24(29-38(64)48(74)54(80)49(75)39(29)65)55-19(85(17)18)9-16(84-55)22(14-4-3-12(20)82-14)27-34(60)44(70)52(78)45(71)35(27)61/h1-9,82-84H. The zero-order valence-corrected chi connectivity index (χ0v) is 40.0. The molecule has 0 fully saturated rings. The van der Waals surface area contributed by atoms with E-state index in [1.54, 1.807) is 0 Å². The Kier molecular flexibility index (Phi) is 12.5. The summed E-state index contributed by atoms with van der Waals surface area (Å²) in [6.07, 6.45) is 0.984. The summed E-state index contributed by atoms with van der Waals surface area (Å²) < 4.78 is 391. The number of H-pyrrole nitrogens is 3. The van der Waals surface area contributed by atoms with E-state index in [-0.39, 0.29) is 0 Å². The predicted octanol–water partition coefficient (Wildman–Crippen LogP) is 13.4. The van der Waals surface area contributed by atoms with E-state index in [1.807, 2.05) is 0 Å².